The van der Waals surface area contributed by atoms with Gasteiger partial charge in [-0.25, -0.2) is 22.0 Å². The Morgan fingerprint density at radius 2 is 1.81 bits per heavy atom. The largest absolute Gasteiger partial charge is 0.282 e. The van der Waals surface area contributed by atoms with Gasteiger partial charge in [-0.1, -0.05) is 42.1 Å². The van der Waals surface area contributed by atoms with Gasteiger partial charge in [-0.05, 0) is 6.42 Å². The fourth-order valence-electron chi connectivity index (χ4n) is 1.61. The van der Waals surface area contributed by atoms with E-state index in [1.165, 1.54) is 0 Å². The maximum Gasteiger partial charge on any atom is 0.281 e. The zero-order valence-electron chi connectivity index (χ0n) is 11.1. The lowest BCUT2D eigenvalue weighted by molar-refractivity contribution is -0.107. The Morgan fingerprint density at radius 3 is 2.38 bits per heavy atom. The first-order valence-corrected chi connectivity index (χ1v) is 7.31. The van der Waals surface area contributed by atoms with Crippen molar-refractivity contribution >= 4 is 16.9 Å². The van der Waals surface area contributed by atoms with Gasteiger partial charge in [0.05, 0.1) is 0 Å². The van der Waals surface area contributed by atoms with E-state index in [4.69, 9.17) is 0 Å². The standard InChI is InChI=1S/C14H15F5OS/c15-9-11(16)12(17)14(18,19)7-4-8-21-13(20)10-5-2-1-3-6-10/h1-3,5-6,11-12H,4,7-9H2. The van der Waals surface area contributed by atoms with Crippen LogP contribution in [-0.2, 0) is 0 Å². The summed E-state index contributed by atoms with van der Waals surface area (Å²) in [5.74, 6) is -3.87. The lowest BCUT2D eigenvalue weighted by Gasteiger charge is -2.21. The molecule has 2 atom stereocenters. The van der Waals surface area contributed by atoms with Crippen LogP contribution in [0.3, 0.4) is 0 Å². The lowest BCUT2D eigenvalue weighted by Crippen LogP contribution is -2.38. The van der Waals surface area contributed by atoms with Crippen molar-refractivity contribution in [3.63, 3.8) is 0 Å². The SMILES string of the molecule is O=C(SCCCC(F)(F)C(F)C(F)CF)c1ccccc1. The van der Waals surface area contributed by atoms with Crippen LogP contribution in [0.25, 0.3) is 0 Å². The number of alkyl halides is 5. The van der Waals surface area contributed by atoms with E-state index in [1.807, 2.05) is 0 Å². The summed E-state index contributed by atoms with van der Waals surface area (Å²) in [6.07, 6.45) is -7.07. The Morgan fingerprint density at radius 1 is 1.19 bits per heavy atom. The highest BCUT2D eigenvalue weighted by Crippen LogP contribution is 2.31. The fourth-order valence-corrected chi connectivity index (χ4v) is 2.39. The maximum atomic E-state index is 13.2. The van der Waals surface area contributed by atoms with Crippen LogP contribution in [-0.4, -0.2) is 35.8 Å². The van der Waals surface area contributed by atoms with E-state index in [9.17, 15) is 26.7 Å². The third-order valence-electron chi connectivity index (χ3n) is 2.77. The second-order valence-electron chi connectivity index (χ2n) is 4.44. The highest BCUT2D eigenvalue weighted by molar-refractivity contribution is 8.14. The first-order chi connectivity index (χ1) is 9.88. The van der Waals surface area contributed by atoms with Gasteiger partial charge < -0.3 is 0 Å². The Labute approximate surface area is 123 Å². The quantitative estimate of drug-likeness (QED) is 0.512. The van der Waals surface area contributed by atoms with E-state index in [0.717, 1.165) is 11.8 Å². The molecule has 0 radical (unpaired) electrons. The zero-order chi connectivity index (χ0) is 15.9. The van der Waals surface area contributed by atoms with E-state index in [2.05, 4.69) is 0 Å². The number of thioether (sulfide) groups is 1. The van der Waals surface area contributed by atoms with Crippen LogP contribution < -0.4 is 0 Å². The molecule has 0 aliphatic rings. The molecule has 118 valence electrons. The van der Waals surface area contributed by atoms with Crippen LogP contribution in [0.1, 0.15) is 23.2 Å². The summed E-state index contributed by atoms with van der Waals surface area (Å²) in [5, 5.41) is -0.275. The third kappa shape index (κ3) is 5.65. The molecule has 7 heteroatoms. The molecule has 0 saturated heterocycles. The van der Waals surface area contributed by atoms with Gasteiger partial charge >= 0.3 is 0 Å². The summed E-state index contributed by atoms with van der Waals surface area (Å²) >= 11 is 0.834. The molecule has 1 rings (SSSR count). The summed E-state index contributed by atoms with van der Waals surface area (Å²) in [7, 11) is 0. The molecule has 0 saturated carbocycles. The topological polar surface area (TPSA) is 17.1 Å². The zero-order valence-corrected chi connectivity index (χ0v) is 11.9. The van der Waals surface area contributed by atoms with Crippen molar-refractivity contribution in [3.8, 4) is 0 Å². The summed E-state index contributed by atoms with van der Waals surface area (Å²) in [6.45, 7) is -1.78. The molecule has 1 aromatic rings. The molecule has 0 fully saturated rings. The summed E-state index contributed by atoms with van der Waals surface area (Å²) < 4.78 is 63.9. The molecular weight excluding hydrogens is 311 g/mol. The number of carbonyl (C=O) groups is 1. The van der Waals surface area contributed by atoms with Gasteiger partial charge in [-0.3, -0.25) is 4.79 Å². The summed E-state index contributed by atoms with van der Waals surface area (Å²) in [5.41, 5.74) is 0.443. The van der Waals surface area contributed by atoms with Crippen LogP contribution in [0.5, 0.6) is 0 Å². The molecule has 0 aromatic heterocycles. The Hall–Kier alpha value is -1.11. The molecule has 0 aliphatic carbocycles. The van der Waals surface area contributed by atoms with Gasteiger partial charge in [-0.15, -0.1) is 0 Å². The highest BCUT2D eigenvalue weighted by atomic mass is 32.2. The predicted octanol–water partition coefficient (Wildman–Crippen LogP) is 4.62. The van der Waals surface area contributed by atoms with Gasteiger partial charge in [0, 0.05) is 17.7 Å². The molecule has 1 nitrogen and oxygen atoms in total. The molecule has 0 aliphatic heterocycles. The van der Waals surface area contributed by atoms with Crippen LogP contribution >= 0.6 is 11.8 Å². The predicted molar refractivity (Wildman–Crippen MR) is 73.2 cm³/mol. The smallest absolute Gasteiger partial charge is 0.281 e. The minimum absolute atomic E-state index is 0.0581. The Bertz CT molecular complexity index is 440. The minimum atomic E-state index is -3.93. The molecule has 2 unspecified atom stereocenters. The average molecular weight is 326 g/mol. The van der Waals surface area contributed by atoms with Gasteiger partial charge in [-0.2, -0.15) is 0 Å². The van der Waals surface area contributed by atoms with E-state index in [0.29, 0.717) is 5.56 Å². The van der Waals surface area contributed by atoms with Gasteiger partial charge in [0.2, 0.25) is 5.12 Å². The molecule has 0 bridgehead atoms. The molecule has 0 N–H and O–H groups in total. The molecule has 21 heavy (non-hydrogen) atoms. The number of hydrogen-bond acceptors (Lipinski definition) is 2. The number of benzene rings is 1. The fraction of sp³-hybridized carbons (Fsp3) is 0.500. The van der Waals surface area contributed by atoms with Crippen molar-refractivity contribution in [1.82, 2.24) is 0 Å². The molecular formula is C14H15F5OS. The monoisotopic (exact) mass is 326 g/mol. The summed E-state index contributed by atoms with van der Waals surface area (Å²) in [6, 6.07) is 8.27. The van der Waals surface area contributed by atoms with E-state index >= 15 is 0 Å². The lowest BCUT2D eigenvalue weighted by atomic mass is 10.1. The van der Waals surface area contributed by atoms with E-state index in [-0.39, 0.29) is 17.3 Å². The van der Waals surface area contributed by atoms with Crippen molar-refractivity contribution in [2.24, 2.45) is 0 Å². The molecule has 0 heterocycles. The van der Waals surface area contributed by atoms with Crippen LogP contribution in [0.4, 0.5) is 22.0 Å². The maximum absolute atomic E-state index is 13.2. The second kappa shape index (κ2) is 8.36. The number of carbonyl (C=O) groups excluding carboxylic acids is 1. The molecule has 1 aromatic carbocycles. The van der Waals surface area contributed by atoms with Gasteiger partial charge in [0.1, 0.15) is 6.67 Å². The normalized spacial score (nSPS) is 14.7. The van der Waals surface area contributed by atoms with Crippen LogP contribution in [0, 0.1) is 0 Å². The average Bonchev–Trinajstić information content (AvgIpc) is 2.50. The number of rotatable bonds is 8. The second-order valence-corrected chi connectivity index (χ2v) is 5.51. The van der Waals surface area contributed by atoms with Crippen molar-refractivity contribution in [1.29, 1.82) is 0 Å². The minimum Gasteiger partial charge on any atom is -0.282 e. The third-order valence-corrected chi connectivity index (χ3v) is 3.76. The van der Waals surface area contributed by atoms with Gasteiger partial charge in [0.15, 0.2) is 12.3 Å². The first kappa shape index (κ1) is 17.9. The first-order valence-electron chi connectivity index (χ1n) is 6.32. The Kier molecular flexibility index (Phi) is 7.14. The van der Waals surface area contributed by atoms with Crippen molar-refractivity contribution in [3.05, 3.63) is 35.9 Å². The van der Waals surface area contributed by atoms with Crippen molar-refractivity contribution in [2.45, 2.75) is 31.1 Å². The Balaban J connectivity index is 2.35. The number of halogens is 5. The van der Waals surface area contributed by atoms with Crippen LogP contribution in [0.15, 0.2) is 30.3 Å². The van der Waals surface area contributed by atoms with E-state index in [1.54, 1.807) is 30.3 Å². The van der Waals surface area contributed by atoms with E-state index < -0.39 is 31.4 Å². The summed E-state index contributed by atoms with van der Waals surface area (Å²) in [4.78, 5) is 11.6. The van der Waals surface area contributed by atoms with Gasteiger partial charge in [0.25, 0.3) is 5.92 Å². The highest BCUT2D eigenvalue weighted by Gasteiger charge is 2.44. The van der Waals surface area contributed by atoms with Crippen LogP contribution in [0.2, 0.25) is 0 Å². The van der Waals surface area contributed by atoms with Crippen molar-refractivity contribution in [2.75, 3.05) is 12.4 Å². The number of hydrogen-bond donors (Lipinski definition) is 0. The molecule has 0 spiro atoms. The van der Waals surface area contributed by atoms with Crippen molar-refractivity contribution < 1.29 is 26.7 Å². The molecule has 0 amide bonds.